The molecule has 6 heteroatoms. The second-order valence-corrected chi connectivity index (χ2v) is 7.27. The molecule has 0 fully saturated rings. The van der Waals surface area contributed by atoms with Gasteiger partial charge in [0.2, 0.25) is 0 Å². The number of nitrogens with zero attached hydrogens (tertiary/aromatic N) is 1. The molecule has 1 aliphatic rings. The van der Waals surface area contributed by atoms with Gasteiger partial charge in [-0.15, -0.1) is 11.8 Å². The van der Waals surface area contributed by atoms with Crippen molar-refractivity contribution < 1.29 is 14.6 Å². The quantitative estimate of drug-likeness (QED) is 0.871. The van der Waals surface area contributed by atoms with Crippen LogP contribution in [0.25, 0.3) is 0 Å². The maximum atomic E-state index is 11.7. The van der Waals surface area contributed by atoms with Gasteiger partial charge in [0.25, 0.3) is 0 Å². The summed E-state index contributed by atoms with van der Waals surface area (Å²) < 4.78 is 4.43. The fourth-order valence-electron chi connectivity index (χ4n) is 2.07. The van der Waals surface area contributed by atoms with Gasteiger partial charge in [-0.25, -0.2) is 4.79 Å². The average molecular weight is 314 g/mol. The molecule has 0 radical (unpaired) electrons. The van der Waals surface area contributed by atoms with Crippen LogP contribution in [-0.2, 0) is 16.0 Å². The molecule has 0 aliphatic carbocycles. The summed E-state index contributed by atoms with van der Waals surface area (Å²) in [5, 5.41) is 11.2. The highest BCUT2D eigenvalue weighted by Crippen LogP contribution is 2.39. The van der Waals surface area contributed by atoms with Crippen molar-refractivity contribution in [2.75, 3.05) is 7.11 Å². The predicted molar refractivity (Wildman–Crippen MR) is 81.7 cm³/mol. The molecule has 1 aromatic carbocycles. The Labute approximate surface area is 127 Å². The highest BCUT2D eigenvalue weighted by molar-refractivity contribution is 8.15. The van der Waals surface area contributed by atoms with E-state index in [-0.39, 0.29) is 16.5 Å². The van der Waals surface area contributed by atoms with Gasteiger partial charge in [-0.1, -0.05) is 11.6 Å². The Hall–Kier alpha value is -1.20. The van der Waals surface area contributed by atoms with Crippen LogP contribution >= 0.6 is 23.4 Å². The summed E-state index contributed by atoms with van der Waals surface area (Å²) in [5.41, 5.74) is 0.699. The number of rotatable bonds is 3. The number of esters is 1. The number of halogens is 1. The minimum absolute atomic E-state index is 0.178. The molecule has 1 atom stereocenters. The monoisotopic (exact) mass is 313 g/mol. The largest absolute Gasteiger partial charge is 0.508 e. The van der Waals surface area contributed by atoms with Crippen LogP contribution in [0.4, 0.5) is 0 Å². The molecule has 1 N–H and O–H groups in total. The van der Waals surface area contributed by atoms with E-state index in [4.69, 9.17) is 16.3 Å². The molecule has 108 valence electrons. The molecule has 1 heterocycles. The zero-order chi connectivity index (χ0) is 14.9. The molecular formula is C14H16ClNO3S. The van der Waals surface area contributed by atoms with E-state index in [2.05, 4.69) is 4.99 Å². The molecule has 2 rings (SSSR count). The van der Waals surface area contributed by atoms with Crippen molar-refractivity contribution in [1.29, 1.82) is 0 Å². The summed E-state index contributed by atoms with van der Waals surface area (Å²) >= 11 is 7.45. The van der Waals surface area contributed by atoms with E-state index in [1.807, 2.05) is 13.8 Å². The molecule has 4 nitrogen and oxygen atoms in total. The van der Waals surface area contributed by atoms with Gasteiger partial charge in [0.1, 0.15) is 5.75 Å². The lowest BCUT2D eigenvalue weighted by Gasteiger charge is -2.21. The van der Waals surface area contributed by atoms with E-state index >= 15 is 0 Å². The van der Waals surface area contributed by atoms with Gasteiger partial charge < -0.3 is 9.84 Å². The van der Waals surface area contributed by atoms with Gasteiger partial charge >= 0.3 is 5.97 Å². The van der Waals surface area contributed by atoms with E-state index in [1.165, 1.54) is 18.9 Å². The van der Waals surface area contributed by atoms with Crippen molar-refractivity contribution in [3.05, 3.63) is 28.8 Å². The number of aliphatic imine (C=N–C) groups is 1. The summed E-state index contributed by atoms with van der Waals surface area (Å²) in [5.74, 6) is -0.162. The van der Waals surface area contributed by atoms with Gasteiger partial charge in [0.05, 0.1) is 12.2 Å². The minimum atomic E-state index is -0.520. The summed E-state index contributed by atoms with van der Waals surface area (Å²) in [6.45, 7) is 3.90. The molecule has 0 aromatic heterocycles. The molecular weight excluding hydrogens is 298 g/mol. The van der Waals surface area contributed by atoms with Crippen LogP contribution in [-0.4, -0.2) is 34.0 Å². The molecule has 0 unspecified atom stereocenters. The van der Waals surface area contributed by atoms with Crippen LogP contribution in [0.2, 0.25) is 5.02 Å². The molecule has 0 amide bonds. The van der Waals surface area contributed by atoms with Crippen LogP contribution in [0.15, 0.2) is 23.2 Å². The van der Waals surface area contributed by atoms with Crippen LogP contribution in [0.3, 0.4) is 0 Å². The Balaban J connectivity index is 2.22. The SMILES string of the molecule is COC(=O)[C@@H]1N=C(Cc2cc(Cl)ccc2O)SC1(C)C. The third-order valence-corrected chi connectivity index (χ3v) is 4.59. The number of methoxy groups -OCH3 is 1. The normalized spacial score (nSPS) is 20.6. The van der Waals surface area contributed by atoms with Crippen LogP contribution in [0.5, 0.6) is 5.75 Å². The van der Waals surface area contributed by atoms with E-state index in [1.54, 1.807) is 18.2 Å². The van der Waals surface area contributed by atoms with Gasteiger partial charge in [-0.3, -0.25) is 4.99 Å². The number of phenols is 1. The molecule has 1 aliphatic heterocycles. The fraction of sp³-hybridized carbons (Fsp3) is 0.429. The van der Waals surface area contributed by atoms with Gasteiger partial charge in [0.15, 0.2) is 6.04 Å². The summed E-state index contributed by atoms with van der Waals surface area (Å²) in [4.78, 5) is 16.2. The zero-order valence-corrected chi connectivity index (χ0v) is 13.1. The second kappa shape index (κ2) is 5.66. The zero-order valence-electron chi connectivity index (χ0n) is 11.5. The Morgan fingerprint density at radius 2 is 2.25 bits per heavy atom. The highest BCUT2D eigenvalue weighted by atomic mass is 35.5. The molecule has 20 heavy (non-hydrogen) atoms. The van der Waals surface area contributed by atoms with Gasteiger partial charge in [0, 0.05) is 21.8 Å². The van der Waals surface area contributed by atoms with Crippen molar-refractivity contribution in [2.24, 2.45) is 4.99 Å². The lowest BCUT2D eigenvalue weighted by atomic mass is 10.0. The summed E-state index contributed by atoms with van der Waals surface area (Å²) in [6.07, 6.45) is 0.452. The molecule has 0 bridgehead atoms. The number of hydrogen-bond acceptors (Lipinski definition) is 5. The average Bonchev–Trinajstić information content (AvgIpc) is 2.68. The highest BCUT2D eigenvalue weighted by Gasteiger charge is 2.42. The van der Waals surface area contributed by atoms with Gasteiger partial charge in [-0.2, -0.15) is 0 Å². The lowest BCUT2D eigenvalue weighted by molar-refractivity contribution is -0.142. The molecule has 0 saturated carbocycles. The first kappa shape index (κ1) is 15.2. The molecule has 0 spiro atoms. The second-order valence-electron chi connectivity index (χ2n) is 5.10. The predicted octanol–water partition coefficient (Wildman–Crippen LogP) is 3.05. The minimum Gasteiger partial charge on any atom is -0.508 e. The van der Waals surface area contributed by atoms with Crippen molar-refractivity contribution in [3.63, 3.8) is 0 Å². The van der Waals surface area contributed by atoms with Crippen molar-refractivity contribution >= 4 is 34.4 Å². The number of benzene rings is 1. The van der Waals surface area contributed by atoms with E-state index in [9.17, 15) is 9.90 Å². The smallest absolute Gasteiger partial charge is 0.332 e. The van der Waals surface area contributed by atoms with E-state index < -0.39 is 6.04 Å². The van der Waals surface area contributed by atoms with Gasteiger partial charge in [-0.05, 0) is 32.0 Å². The Morgan fingerprint density at radius 3 is 2.90 bits per heavy atom. The fourth-order valence-corrected chi connectivity index (χ4v) is 3.52. The standard InChI is InChI=1S/C14H16ClNO3S/c1-14(2)12(13(18)19-3)16-11(20-14)7-8-6-9(15)4-5-10(8)17/h4-6,12,17H,7H2,1-3H3/t12-/m0/s1. The first-order valence-electron chi connectivity index (χ1n) is 6.14. The summed E-state index contributed by atoms with van der Waals surface area (Å²) in [6, 6.07) is 4.37. The number of thioether (sulfide) groups is 1. The number of aromatic hydroxyl groups is 1. The number of ether oxygens (including phenoxy) is 1. The maximum absolute atomic E-state index is 11.7. The number of hydrogen-bond donors (Lipinski definition) is 1. The number of carbonyl (C=O) groups excluding carboxylic acids is 1. The number of carbonyl (C=O) groups is 1. The summed E-state index contributed by atoms with van der Waals surface area (Å²) in [7, 11) is 1.36. The first-order valence-corrected chi connectivity index (χ1v) is 7.34. The third kappa shape index (κ3) is 3.10. The topological polar surface area (TPSA) is 58.9 Å². The van der Waals surface area contributed by atoms with E-state index in [0.29, 0.717) is 17.0 Å². The number of phenolic OH excluding ortho intramolecular Hbond substituents is 1. The first-order chi connectivity index (χ1) is 9.33. The molecule has 0 saturated heterocycles. The Morgan fingerprint density at radius 1 is 1.55 bits per heavy atom. The van der Waals surface area contributed by atoms with Crippen molar-refractivity contribution in [1.82, 2.24) is 0 Å². The Kier molecular flexibility index (Phi) is 4.30. The van der Waals surface area contributed by atoms with Crippen LogP contribution in [0, 0.1) is 0 Å². The third-order valence-electron chi connectivity index (χ3n) is 3.12. The van der Waals surface area contributed by atoms with Crippen molar-refractivity contribution in [2.45, 2.75) is 31.1 Å². The van der Waals surface area contributed by atoms with Crippen LogP contribution in [0.1, 0.15) is 19.4 Å². The maximum Gasteiger partial charge on any atom is 0.332 e. The molecule has 1 aromatic rings. The van der Waals surface area contributed by atoms with Crippen LogP contribution < -0.4 is 0 Å². The van der Waals surface area contributed by atoms with E-state index in [0.717, 1.165) is 5.04 Å². The van der Waals surface area contributed by atoms with Crippen molar-refractivity contribution in [3.8, 4) is 5.75 Å². The lowest BCUT2D eigenvalue weighted by Crippen LogP contribution is -2.35. The Bertz CT molecular complexity index is 572.